The van der Waals surface area contributed by atoms with E-state index in [0.717, 1.165) is 16.8 Å². The Morgan fingerprint density at radius 2 is 1.88 bits per heavy atom. The van der Waals surface area contributed by atoms with E-state index >= 15 is 0 Å². The van der Waals surface area contributed by atoms with Crippen molar-refractivity contribution in [3.8, 4) is 0 Å². The average molecular weight is 345 g/mol. The van der Waals surface area contributed by atoms with Crippen LogP contribution < -0.4 is 10.2 Å². The van der Waals surface area contributed by atoms with Crippen LogP contribution in [0.25, 0.3) is 0 Å². The van der Waals surface area contributed by atoms with E-state index in [0.29, 0.717) is 18.0 Å². The average Bonchev–Trinajstić information content (AvgIpc) is 2.52. The summed E-state index contributed by atoms with van der Waals surface area (Å²) >= 11 is 5.94. The fourth-order valence-electron chi connectivity index (χ4n) is 2.42. The number of hydrogen-bond donors (Lipinski definition) is 1. The van der Waals surface area contributed by atoms with Crippen LogP contribution in [0.5, 0.6) is 0 Å². The van der Waals surface area contributed by atoms with Crippen molar-refractivity contribution in [2.45, 2.75) is 20.3 Å². The normalized spacial score (nSPS) is 10.3. The van der Waals surface area contributed by atoms with Gasteiger partial charge in [0.15, 0.2) is 0 Å². The molecule has 0 radical (unpaired) electrons. The number of nitrogens with one attached hydrogen (secondary N) is 1. The van der Waals surface area contributed by atoms with E-state index in [9.17, 15) is 9.59 Å². The lowest BCUT2D eigenvalue weighted by molar-refractivity contribution is -0.123. The monoisotopic (exact) mass is 344 g/mol. The maximum atomic E-state index is 12.1. The molecule has 0 saturated carbocycles. The standard InChI is InChI=1S/C19H21ClN2O2/c1-14-5-3-8-18(11-14)22(15(2)23)13-19(24)21-10-9-16-6-4-7-17(20)12-16/h3-8,11-12H,9-10,13H2,1-2H3,(H,21,24). The minimum atomic E-state index is -0.186. The number of aryl methyl sites for hydroxylation is 1. The number of hydrogen-bond acceptors (Lipinski definition) is 2. The summed E-state index contributed by atoms with van der Waals surface area (Å²) in [4.78, 5) is 25.5. The van der Waals surface area contributed by atoms with E-state index in [1.807, 2.05) is 55.5 Å². The third-order valence-corrected chi connectivity index (χ3v) is 3.86. The van der Waals surface area contributed by atoms with Crippen LogP contribution in [-0.2, 0) is 16.0 Å². The van der Waals surface area contributed by atoms with Gasteiger partial charge in [-0.3, -0.25) is 9.59 Å². The molecule has 2 aromatic carbocycles. The zero-order valence-electron chi connectivity index (χ0n) is 13.9. The highest BCUT2D eigenvalue weighted by Crippen LogP contribution is 2.16. The SMILES string of the molecule is CC(=O)N(CC(=O)NCCc1cccc(Cl)c1)c1cccc(C)c1. The molecular weight excluding hydrogens is 324 g/mol. The third kappa shape index (κ3) is 5.39. The third-order valence-electron chi connectivity index (χ3n) is 3.62. The first-order valence-electron chi connectivity index (χ1n) is 7.81. The highest BCUT2D eigenvalue weighted by atomic mass is 35.5. The second-order valence-corrected chi connectivity index (χ2v) is 6.11. The molecule has 0 atom stereocenters. The van der Waals surface area contributed by atoms with Crippen LogP contribution in [0.2, 0.25) is 5.02 Å². The van der Waals surface area contributed by atoms with Crippen molar-refractivity contribution < 1.29 is 9.59 Å². The van der Waals surface area contributed by atoms with Crippen LogP contribution >= 0.6 is 11.6 Å². The summed E-state index contributed by atoms with van der Waals surface area (Å²) < 4.78 is 0. The summed E-state index contributed by atoms with van der Waals surface area (Å²) in [7, 11) is 0. The van der Waals surface area contributed by atoms with Crippen LogP contribution in [0.3, 0.4) is 0 Å². The van der Waals surface area contributed by atoms with Gasteiger partial charge >= 0.3 is 0 Å². The first-order chi connectivity index (χ1) is 11.5. The zero-order valence-corrected chi connectivity index (χ0v) is 14.6. The topological polar surface area (TPSA) is 49.4 Å². The van der Waals surface area contributed by atoms with Crippen molar-refractivity contribution in [1.29, 1.82) is 0 Å². The number of anilines is 1. The summed E-state index contributed by atoms with van der Waals surface area (Å²) in [6.45, 7) is 3.92. The molecule has 126 valence electrons. The molecule has 0 bridgehead atoms. The first kappa shape index (κ1) is 18.0. The molecule has 1 N–H and O–H groups in total. The molecule has 0 spiro atoms. The molecular formula is C19H21ClN2O2. The molecule has 2 rings (SSSR count). The minimum Gasteiger partial charge on any atom is -0.354 e. The van der Waals surface area contributed by atoms with E-state index in [4.69, 9.17) is 11.6 Å². The number of carbonyl (C=O) groups is 2. The van der Waals surface area contributed by atoms with Gasteiger partial charge in [-0.15, -0.1) is 0 Å². The Balaban J connectivity index is 1.90. The number of nitrogens with zero attached hydrogens (tertiary/aromatic N) is 1. The predicted molar refractivity (Wildman–Crippen MR) is 97.4 cm³/mol. The van der Waals surface area contributed by atoms with E-state index in [1.165, 1.54) is 11.8 Å². The van der Waals surface area contributed by atoms with Crippen LogP contribution in [0.15, 0.2) is 48.5 Å². The van der Waals surface area contributed by atoms with Crippen molar-refractivity contribution in [3.63, 3.8) is 0 Å². The lowest BCUT2D eigenvalue weighted by Gasteiger charge is -2.21. The quantitative estimate of drug-likeness (QED) is 0.873. The fraction of sp³-hybridized carbons (Fsp3) is 0.263. The van der Waals surface area contributed by atoms with Crippen LogP contribution in [0.1, 0.15) is 18.1 Å². The lowest BCUT2D eigenvalue weighted by Crippen LogP contribution is -2.40. The Kier molecular flexibility index (Phi) is 6.38. The van der Waals surface area contributed by atoms with Gasteiger partial charge in [-0.1, -0.05) is 35.9 Å². The fourth-order valence-corrected chi connectivity index (χ4v) is 2.63. The summed E-state index contributed by atoms with van der Waals surface area (Å²) in [6, 6.07) is 15.1. The molecule has 0 saturated heterocycles. The molecule has 0 aliphatic carbocycles. The van der Waals surface area contributed by atoms with Gasteiger partial charge in [-0.05, 0) is 48.7 Å². The van der Waals surface area contributed by atoms with E-state index in [2.05, 4.69) is 5.32 Å². The van der Waals surface area contributed by atoms with Crippen LogP contribution in [0.4, 0.5) is 5.69 Å². The molecule has 5 heteroatoms. The Bertz CT molecular complexity index is 731. The van der Waals surface area contributed by atoms with Gasteiger partial charge in [0.05, 0.1) is 0 Å². The Morgan fingerprint density at radius 3 is 2.54 bits per heavy atom. The Morgan fingerprint density at radius 1 is 1.12 bits per heavy atom. The molecule has 4 nitrogen and oxygen atoms in total. The van der Waals surface area contributed by atoms with Crippen molar-refractivity contribution in [2.75, 3.05) is 18.0 Å². The Labute approximate surface area is 147 Å². The number of halogens is 1. The van der Waals surface area contributed by atoms with Crippen LogP contribution in [-0.4, -0.2) is 24.9 Å². The lowest BCUT2D eigenvalue weighted by atomic mass is 10.1. The highest BCUT2D eigenvalue weighted by molar-refractivity contribution is 6.30. The van der Waals surface area contributed by atoms with E-state index in [-0.39, 0.29) is 18.4 Å². The molecule has 24 heavy (non-hydrogen) atoms. The summed E-state index contributed by atoms with van der Waals surface area (Å²) in [5.41, 5.74) is 2.83. The van der Waals surface area contributed by atoms with Crippen molar-refractivity contribution in [3.05, 3.63) is 64.7 Å². The molecule has 0 unspecified atom stereocenters. The van der Waals surface area contributed by atoms with Gasteiger partial charge < -0.3 is 10.2 Å². The van der Waals surface area contributed by atoms with Gasteiger partial charge in [0, 0.05) is 24.2 Å². The molecule has 0 aliphatic heterocycles. The Hall–Kier alpha value is -2.33. The van der Waals surface area contributed by atoms with E-state index < -0.39 is 0 Å². The van der Waals surface area contributed by atoms with Gasteiger partial charge in [0.2, 0.25) is 11.8 Å². The van der Waals surface area contributed by atoms with Gasteiger partial charge in [0.1, 0.15) is 6.54 Å². The van der Waals surface area contributed by atoms with E-state index in [1.54, 1.807) is 0 Å². The second kappa shape index (κ2) is 8.50. The van der Waals surface area contributed by atoms with Crippen molar-refractivity contribution in [2.24, 2.45) is 0 Å². The molecule has 2 aromatic rings. The molecule has 0 aromatic heterocycles. The predicted octanol–water partition coefficient (Wildman–Crippen LogP) is 3.36. The molecule has 0 aliphatic rings. The van der Waals surface area contributed by atoms with Gasteiger partial charge in [0.25, 0.3) is 0 Å². The number of rotatable bonds is 6. The summed E-state index contributed by atoms with van der Waals surface area (Å²) in [5, 5.41) is 3.53. The molecule has 0 heterocycles. The van der Waals surface area contributed by atoms with Crippen LogP contribution in [0, 0.1) is 6.92 Å². The second-order valence-electron chi connectivity index (χ2n) is 5.67. The minimum absolute atomic E-state index is 0.00827. The summed E-state index contributed by atoms with van der Waals surface area (Å²) in [6.07, 6.45) is 0.691. The van der Waals surface area contributed by atoms with Gasteiger partial charge in [-0.2, -0.15) is 0 Å². The number of carbonyl (C=O) groups excluding carboxylic acids is 2. The maximum absolute atomic E-state index is 12.1. The highest BCUT2D eigenvalue weighted by Gasteiger charge is 2.15. The zero-order chi connectivity index (χ0) is 17.5. The smallest absolute Gasteiger partial charge is 0.240 e. The largest absolute Gasteiger partial charge is 0.354 e. The molecule has 0 fully saturated rings. The van der Waals surface area contributed by atoms with Crippen molar-refractivity contribution in [1.82, 2.24) is 5.32 Å². The summed E-state index contributed by atoms with van der Waals surface area (Å²) in [5.74, 6) is -0.348. The maximum Gasteiger partial charge on any atom is 0.240 e. The first-order valence-corrected chi connectivity index (χ1v) is 8.19. The molecule has 2 amide bonds. The van der Waals surface area contributed by atoms with Crippen molar-refractivity contribution >= 4 is 29.1 Å². The van der Waals surface area contributed by atoms with Gasteiger partial charge in [-0.25, -0.2) is 0 Å². The number of benzene rings is 2. The number of amides is 2.